The van der Waals surface area contributed by atoms with E-state index in [4.69, 9.17) is 17.3 Å². The van der Waals surface area contributed by atoms with Gasteiger partial charge < -0.3 is 19.6 Å². The average molecular weight is 229 g/mol. The van der Waals surface area contributed by atoms with E-state index in [1.807, 2.05) is 4.57 Å². The van der Waals surface area contributed by atoms with Gasteiger partial charge >= 0.3 is 0 Å². The zero-order valence-corrected chi connectivity index (χ0v) is 10.2. The topological polar surface area (TPSA) is 44.2 Å². The van der Waals surface area contributed by atoms with Crippen molar-refractivity contribution in [1.29, 1.82) is 0 Å². The number of aliphatic hydroxyl groups excluding tert-OH is 1. The summed E-state index contributed by atoms with van der Waals surface area (Å²) in [5.41, 5.74) is 0.854. The fraction of sp³-hybridized carbons (Fsp3) is 0.700. The summed E-state index contributed by atoms with van der Waals surface area (Å²) in [6.45, 7) is 8.21. The van der Waals surface area contributed by atoms with Crippen LogP contribution in [0.2, 0.25) is 0 Å². The fourth-order valence-corrected chi connectivity index (χ4v) is 1.86. The van der Waals surface area contributed by atoms with Gasteiger partial charge in [0.25, 0.3) is 0 Å². The van der Waals surface area contributed by atoms with E-state index in [0.29, 0.717) is 4.77 Å². The molecule has 1 heterocycles. The maximum absolute atomic E-state index is 9.11. The van der Waals surface area contributed by atoms with Crippen LogP contribution in [-0.2, 0) is 13.2 Å². The maximum Gasteiger partial charge on any atom is 0.177 e. The Balaban J connectivity index is 2.63. The van der Waals surface area contributed by atoms with Crippen molar-refractivity contribution in [3.63, 3.8) is 0 Å². The fourth-order valence-electron chi connectivity index (χ4n) is 1.59. The Kier molecular flexibility index (Phi) is 5.01. The largest absolute Gasteiger partial charge is 0.390 e. The summed E-state index contributed by atoms with van der Waals surface area (Å²) in [5, 5.41) is 9.11. The van der Waals surface area contributed by atoms with Crippen LogP contribution >= 0.6 is 12.2 Å². The van der Waals surface area contributed by atoms with E-state index in [9.17, 15) is 0 Å². The summed E-state index contributed by atoms with van der Waals surface area (Å²) in [6, 6.07) is 0. The number of aromatic nitrogens is 2. The van der Waals surface area contributed by atoms with E-state index < -0.39 is 0 Å². The lowest BCUT2D eigenvalue weighted by atomic mass is 10.4. The third-order valence-electron chi connectivity index (χ3n) is 2.65. The van der Waals surface area contributed by atoms with Gasteiger partial charge in [-0.15, -0.1) is 0 Å². The second kappa shape index (κ2) is 6.05. The molecule has 0 spiro atoms. The zero-order chi connectivity index (χ0) is 11.3. The van der Waals surface area contributed by atoms with Gasteiger partial charge in [0, 0.05) is 19.3 Å². The highest BCUT2D eigenvalue weighted by molar-refractivity contribution is 7.71. The Hall–Kier alpha value is -0.650. The number of nitrogens with one attached hydrogen (secondary N) is 1. The van der Waals surface area contributed by atoms with Crippen LogP contribution in [0.15, 0.2) is 6.20 Å². The molecule has 1 rings (SSSR count). The minimum Gasteiger partial charge on any atom is -0.390 e. The molecule has 0 aliphatic carbocycles. The molecule has 2 N–H and O–H groups in total. The molecule has 0 amide bonds. The van der Waals surface area contributed by atoms with Gasteiger partial charge in [-0.25, -0.2) is 0 Å². The van der Waals surface area contributed by atoms with Gasteiger partial charge in [0.1, 0.15) is 0 Å². The second-order valence-corrected chi connectivity index (χ2v) is 3.81. The lowest BCUT2D eigenvalue weighted by molar-refractivity contribution is 0.258. The summed E-state index contributed by atoms with van der Waals surface area (Å²) >= 11 is 5.14. The van der Waals surface area contributed by atoms with Crippen LogP contribution in [0.3, 0.4) is 0 Å². The maximum atomic E-state index is 9.11. The molecule has 1 aromatic rings. The Labute approximate surface area is 95.5 Å². The number of H-pyrrole nitrogens is 1. The van der Waals surface area contributed by atoms with E-state index >= 15 is 0 Å². The van der Waals surface area contributed by atoms with Crippen LogP contribution in [0, 0.1) is 4.77 Å². The standard InChI is InChI=1S/C10H19N3OS/c1-3-12(4-2)5-6-13-9(8-14)7-11-10(13)15/h7,14H,3-6,8H2,1-2H3,(H,11,15). The smallest absolute Gasteiger partial charge is 0.177 e. The summed E-state index contributed by atoms with van der Waals surface area (Å²) in [7, 11) is 0. The molecule has 0 fully saturated rings. The van der Waals surface area contributed by atoms with Gasteiger partial charge in [-0.3, -0.25) is 0 Å². The van der Waals surface area contributed by atoms with Gasteiger partial charge in [-0.2, -0.15) is 0 Å². The molecule has 4 nitrogen and oxygen atoms in total. The minimum absolute atomic E-state index is 0.0331. The van der Waals surface area contributed by atoms with Crippen LogP contribution in [0.25, 0.3) is 0 Å². The number of nitrogens with zero attached hydrogens (tertiary/aromatic N) is 2. The van der Waals surface area contributed by atoms with E-state index in [1.165, 1.54) is 0 Å². The molecule has 1 aromatic heterocycles. The first-order valence-corrected chi connectivity index (χ1v) is 5.74. The molecule has 0 atom stereocenters. The molecule has 0 aliphatic heterocycles. The Morgan fingerprint density at radius 2 is 2.13 bits per heavy atom. The number of hydrogen-bond donors (Lipinski definition) is 2. The normalized spacial score (nSPS) is 11.2. The summed E-state index contributed by atoms with van der Waals surface area (Å²) < 4.78 is 2.64. The van der Waals surface area contributed by atoms with Crippen molar-refractivity contribution in [2.75, 3.05) is 19.6 Å². The number of likely N-dealkylation sites (N-methyl/N-ethyl adjacent to an activating group) is 1. The highest BCUT2D eigenvalue weighted by atomic mass is 32.1. The first-order valence-electron chi connectivity index (χ1n) is 5.33. The average Bonchev–Trinajstić information content (AvgIpc) is 2.61. The van der Waals surface area contributed by atoms with Crippen LogP contribution < -0.4 is 0 Å². The number of rotatable bonds is 6. The van der Waals surface area contributed by atoms with Gasteiger partial charge in [0.15, 0.2) is 4.77 Å². The van der Waals surface area contributed by atoms with Gasteiger partial charge in [0.05, 0.1) is 12.3 Å². The molecule has 0 aromatic carbocycles. The van der Waals surface area contributed by atoms with E-state index in [1.54, 1.807) is 6.20 Å². The third kappa shape index (κ3) is 3.15. The predicted molar refractivity (Wildman–Crippen MR) is 63.3 cm³/mol. The zero-order valence-electron chi connectivity index (χ0n) is 9.36. The summed E-state index contributed by atoms with van der Waals surface area (Å²) in [4.78, 5) is 5.28. The summed E-state index contributed by atoms with van der Waals surface area (Å²) in [5.74, 6) is 0. The predicted octanol–water partition coefficient (Wildman–Crippen LogP) is 1.38. The minimum atomic E-state index is 0.0331. The molecule has 0 aliphatic rings. The first kappa shape index (κ1) is 12.4. The van der Waals surface area contributed by atoms with Crippen LogP contribution in [0.1, 0.15) is 19.5 Å². The van der Waals surface area contributed by atoms with E-state index in [0.717, 1.165) is 31.9 Å². The van der Waals surface area contributed by atoms with Crippen molar-refractivity contribution >= 4 is 12.2 Å². The molecule has 0 bridgehead atoms. The van der Waals surface area contributed by atoms with Crippen molar-refractivity contribution in [2.24, 2.45) is 0 Å². The molecule has 0 radical (unpaired) electrons. The van der Waals surface area contributed by atoms with Crippen LogP contribution in [-0.4, -0.2) is 39.2 Å². The van der Waals surface area contributed by atoms with Crippen molar-refractivity contribution in [1.82, 2.24) is 14.5 Å². The van der Waals surface area contributed by atoms with Crippen molar-refractivity contribution < 1.29 is 5.11 Å². The van der Waals surface area contributed by atoms with E-state index in [-0.39, 0.29) is 6.61 Å². The number of hydrogen-bond acceptors (Lipinski definition) is 3. The molecular formula is C10H19N3OS. The Morgan fingerprint density at radius 1 is 1.47 bits per heavy atom. The Morgan fingerprint density at radius 3 is 2.67 bits per heavy atom. The molecule has 15 heavy (non-hydrogen) atoms. The molecule has 0 saturated carbocycles. The molecule has 86 valence electrons. The number of imidazole rings is 1. The van der Waals surface area contributed by atoms with Crippen LogP contribution in [0.4, 0.5) is 0 Å². The lowest BCUT2D eigenvalue weighted by Gasteiger charge is -2.18. The van der Waals surface area contributed by atoms with Crippen molar-refractivity contribution in [2.45, 2.75) is 27.0 Å². The molecule has 5 heteroatoms. The van der Waals surface area contributed by atoms with Crippen molar-refractivity contribution in [3.05, 3.63) is 16.7 Å². The SMILES string of the molecule is CCN(CC)CCn1c(CO)c[nH]c1=S. The molecule has 0 saturated heterocycles. The van der Waals surface area contributed by atoms with Gasteiger partial charge in [0.2, 0.25) is 0 Å². The quantitative estimate of drug-likeness (QED) is 0.724. The first-order chi connectivity index (χ1) is 7.22. The highest BCUT2D eigenvalue weighted by Gasteiger charge is 2.04. The van der Waals surface area contributed by atoms with Gasteiger partial charge in [-0.05, 0) is 25.3 Å². The monoisotopic (exact) mass is 229 g/mol. The number of aromatic amines is 1. The lowest BCUT2D eigenvalue weighted by Crippen LogP contribution is -2.27. The highest BCUT2D eigenvalue weighted by Crippen LogP contribution is 2.02. The molecule has 0 unspecified atom stereocenters. The van der Waals surface area contributed by atoms with Crippen LogP contribution in [0.5, 0.6) is 0 Å². The molecular weight excluding hydrogens is 210 g/mol. The Bertz CT molecular complexity index is 341. The second-order valence-electron chi connectivity index (χ2n) is 3.42. The third-order valence-corrected chi connectivity index (χ3v) is 2.99. The van der Waals surface area contributed by atoms with Gasteiger partial charge in [-0.1, -0.05) is 13.8 Å². The number of aliphatic hydroxyl groups is 1. The summed E-state index contributed by atoms with van der Waals surface area (Å²) in [6.07, 6.45) is 1.77. The van der Waals surface area contributed by atoms with E-state index in [2.05, 4.69) is 23.7 Å². The van der Waals surface area contributed by atoms with Crippen molar-refractivity contribution in [3.8, 4) is 0 Å².